The van der Waals surface area contributed by atoms with Crippen molar-refractivity contribution in [3.05, 3.63) is 48.0 Å². The summed E-state index contributed by atoms with van der Waals surface area (Å²) in [5, 5.41) is 9.96. The van der Waals surface area contributed by atoms with Crippen LogP contribution in [-0.4, -0.2) is 18.1 Å². The van der Waals surface area contributed by atoms with Gasteiger partial charge in [-0.15, -0.1) is 0 Å². The lowest BCUT2D eigenvalue weighted by molar-refractivity contribution is 0.397. The minimum absolute atomic E-state index is 0.269. The number of aryl methyl sites for hydroxylation is 1. The molecule has 0 atom stereocenters. The van der Waals surface area contributed by atoms with E-state index < -0.39 is 15.0 Å². The van der Waals surface area contributed by atoms with Crippen LogP contribution in [0.25, 0.3) is 0 Å². The molecule has 2 aromatic rings. The fourth-order valence-electron chi connectivity index (χ4n) is 3.16. The third-order valence-electron chi connectivity index (χ3n) is 4.67. The summed E-state index contributed by atoms with van der Waals surface area (Å²) in [4.78, 5) is -0.457. The Balaban J connectivity index is 1.92. The van der Waals surface area contributed by atoms with Crippen molar-refractivity contribution in [2.45, 2.75) is 69.6 Å². The zero-order chi connectivity index (χ0) is 20.4. The molecule has 6 heteroatoms. The van der Waals surface area contributed by atoms with Crippen LogP contribution in [0.2, 0.25) is 0 Å². The summed E-state index contributed by atoms with van der Waals surface area (Å²) < 4.78 is 38.0. The fourth-order valence-corrected chi connectivity index (χ4v) is 3.79. The molecule has 28 heavy (non-hydrogen) atoms. The van der Waals surface area contributed by atoms with Crippen LogP contribution >= 0.6 is 0 Å². The first kappa shape index (κ1) is 22.2. The average Bonchev–Trinajstić information content (AvgIpc) is 2.65. The number of hydrogen-bond donors (Lipinski definition) is 2. The van der Waals surface area contributed by atoms with Crippen molar-refractivity contribution in [1.29, 1.82) is 0 Å². The molecule has 0 aliphatic heterocycles. The molecule has 2 rings (SSSR count). The molecule has 2 aromatic carbocycles. The Morgan fingerprint density at radius 3 is 2.21 bits per heavy atom. The molecule has 0 fully saturated rings. The fraction of sp³-hybridized carbons (Fsp3) is 0.455. The molecular formula is C22H30O5S. The molecule has 0 spiro atoms. The minimum atomic E-state index is -4.50. The van der Waals surface area contributed by atoms with E-state index in [4.69, 9.17) is 4.74 Å². The van der Waals surface area contributed by atoms with E-state index in [9.17, 15) is 18.1 Å². The standard InChI is InChI=1S/C22H30O5S/c1-2-3-4-5-6-7-8-9-12-18-13-10-14-19(17-18)27-22-20(23)15-11-16-21(22)28(24,25)26/h10-11,13-17,23H,2-9,12H2,1H3,(H,24,25,26). The van der Waals surface area contributed by atoms with Gasteiger partial charge in [0.1, 0.15) is 10.6 Å². The topological polar surface area (TPSA) is 83.8 Å². The summed E-state index contributed by atoms with van der Waals surface area (Å²) in [7, 11) is -4.50. The molecule has 2 N–H and O–H groups in total. The first-order valence-corrected chi connectivity index (χ1v) is 11.4. The number of hydrogen-bond acceptors (Lipinski definition) is 4. The number of benzene rings is 2. The van der Waals surface area contributed by atoms with Gasteiger partial charge in [0.05, 0.1) is 0 Å². The third kappa shape index (κ3) is 7.17. The number of phenols is 1. The zero-order valence-corrected chi connectivity index (χ0v) is 17.2. The Labute approximate surface area is 168 Å². The van der Waals surface area contributed by atoms with Crippen LogP contribution < -0.4 is 4.74 Å². The predicted octanol–water partition coefficient (Wildman–Crippen LogP) is 6.11. The molecule has 0 aliphatic carbocycles. The van der Waals surface area contributed by atoms with Gasteiger partial charge in [-0.3, -0.25) is 4.55 Å². The van der Waals surface area contributed by atoms with E-state index in [0.717, 1.165) is 18.4 Å². The van der Waals surface area contributed by atoms with Crippen LogP contribution in [0.4, 0.5) is 0 Å². The summed E-state index contributed by atoms with van der Waals surface area (Å²) in [6.45, 7) is 2.22. The van der Waals surface area contributed by atoms with Crippen molar-refractivity contribution in [1.82, 2.24) is 0 Å². The lowest BCUT2D eigenvalue weighted by Gasteiger charge is -2.12. The minimum Gasteiger partial charge on any atom is -0.504 e. The molecule has 0 heterocycles. The second kappa shape index (κ2) is 11.1. The van der Waals surface area contributed by atoms with Gasteiger partial charge in [-0.2, -0.15) is 8.42 Å². The van der Waals surface area contributed by atoms with Gasteiger partial charge in [0.2, 0.25) is 0 Å². The Morgan fingerprint density at radius 2 is 1.54 bits per heavy atom. The van der Waals surface area contributed by atoms with E-state index in [1.165, 1.54) is 63.1 Å². The number of ether oxygens (including phenoxy) is 1. The number of aromatic hydroxyl groups is 1. The van der Waals surface area contributed by atoms with Gasteiger partial charge in [0.15, 0.2) is 11.5 Å². The van der Waals surface area contributed by atoms with Crippen molar-refractivity contribution in [3.8, 4) is 17.2 Å². The summed E-state index contributed by atoms with van der Waals surface area (Å²) in [6.07, 6.45) is 11.0. The summed E-state index contributed by atoms with van der Waals surface area (Å²) in [5.74, 6) is -0.193. The van der Waals surface area contributed by atoms with Gasteiger partial charge >= 0.3 is 0 Å². The molecule has 0 saturated heterocycles. The van der Waals surface area contributed by atoms with Crippen LogP contribution in [0.15, 0.2) is 47.4 Å². The molecule has 0 aromatic heterocycles. The van der Waals surface area contributed by atoms with E-state index in [0.29, 0.717) is 5.75 Å². The molecule has 0 radical (unpaired) electrons. The highest BCUT2D eigenvalue weighted by Gasteiger charge is 2.20. The lowest BCUT2D eigenvalue weighted by Crippen LogP contribution is -2.01. The SMILES string of the molecule is CCCCCCCCCCc1cccc(Oc2c(O)cccc2S(=O)(=O)O)c1. The highest BCUT2D eigenvalue weighted by molar-refractivity contribution is 7.86. The molecule has 0 amide bonds. The van der Waals surface area contributed by atoms with Crippen LogP contribution in [0.5, 0.6) is 17.2 Å². The summed E-state index contributed by atoms with van der Waals surface area (Å²) in [5.41, 5.74) is 1.09. The van der Waals surface area contributed by atoms with E-state index in [1.807, 2.05) is 18.2 Å². The second-order valence-electron chi connectivity index (χ2n) is 7.05. The quantitative estimate of drug-likeness (QED) is 0.328. The first-order valence-electron chi connectivity index (χ1n) is 9.98. The van der Waals surface area contributed by atoms with Crippen molar-refractivity contribution in [2.24, 2.45) is 0 Å². The highest BCUT2D eigenvalue weighted by atomic mass is 32.2. The number of para-hydroxylation sites is 1. The van der Waals surface area contributed by atoms with Crippen LogP contribution in [0.1, 0.15) is 63.9 Å². The van der Waals surface area contributed by atoms with Crippen molar-refractivity contribution in [3.63, 3.8) is 0 Å². The van der Waals surface area contributed by atoms with Gasteiger partial charge in [-0.25, -0.2) is 0 Å². The molecular weight excluding hydrogens is 376 g/mol. The molecule has 0 aliphatic rings. The van der Waals surface area contributed by atoms with Gasteiger partial charge in [-0.1, -0.05) is 70.1 Å². The number of rotatable bonds is 12. The lowest BCUT2D eigenvalue weighted by atomic mass is 10.0. The molecule has 5 nitrogen and oxygen atoms in total. The van der Waals surface area contributed by atoms with Gasteiger partial charge in [-0.05, 0) is 42.7 Å². The van der Waals surface area contributed by atoms with Gasteiger partial charge in [0, 0.05) is 0 Å². The summed E-state index contributed by atoms with van der Waals surface area (Å²) >= 11 is 0. The number of unbranched alkanes of at least 4 members (excludes halogenated alkanes) is 7. The van der Waals surface area contributed by atoms with E-state index in [1.54, 1.807) is 6.07 Å². The Hall–Kier alpha value is -2.05. The molecule has 0 saturated carbocycles. The Kier molecular flexibility index (Phi) is 8.80. The largest absolute Gasteiger partial charge is 0.504 e. The summed E-state index contributed by atoms with van der Waals surface area (Å²) in [6, 6.07) is 11.2. The maximum Gasteiger partial charge on any atom is 0.298 e. The molecule has 0 unspecified atom stereocenters. The smallest absolute Gasteiger partial charge is 0.298 e. The van der Waals surface area contributed by atoms with Gasteiger partial charge < -0.3 is 9.84 Å². The van der Waals surface area contributed by atoms with Crippen LogP contribution in [0.3, 0.4) is 0 Å². The maximum absolute atomic E-state index is 11.5. The Bertz CT molecular complexity index is 846. The average molecular weight is 407 g/mol. The predicted molar refractivity (Wildman–Crippen MR) is 111 cm³/mol. The molecule has 0 bridgehead atoms. The normalized spacial score (nSPS) is 11.5. The Morgan fingerprint density at radius 1 is 0.893 bits per heavy atom. The van der Waals surface area contributed by atoms with Gasteiger partial charge in [0.25, 0.3) is 10.1 Å². The van der Waals surface area contributed by atoms with Crippen molar-refractivity contribution in [2.75, 3.05) is 0 Å². The highest BCUT2D eigenvalue weighted by Crippen LogP contribution is 2.37. The monoisotopic (exact) mass is 406 g/mol. The maximum atomic E-state index is 11.5. The number of phenolic OH excluding ortho intramolecular Hbond substituents is 1. The van der Waals surface area contributed by atoms with Crippen molar-refractivity contribution >= 4 is 10.1 Å². The van der Waals surface area contributed by atoms with Crippen molar-refractivity contribution < 1.29 is 22.8 Å². The van der Waals surface area contributed by atoms with E-state index in [2.05, 4.69) is 6.92 Å². The second-order valence-corrected chi connectivity index (χ2v) is 8.44. The molecule has 154 valence electrons. The van der Waals surface area contributed by atoms with Crippen LogP contribution in [-0.2, 0) is 16.5 Å². The van der Waals surface area contributed by atoms with E-state index >= 15 is 0 Å². The van der Waals surface area contributed by atoms with Crippen LogP contribution in [0, 0.1) is 0 Å². The van der Waals surface area contributed by atoms with E-state index in [-0.39, 0.29) is 11.5 Å². The zero-order valence-electron chi connectivity index (χ0n) is 16.4. The third-order valence-corrected chi connectivity index (χ3v) is 5.55. The first-order chi connectivity index (χ1) is 13.4.